The molecule has 0 unspecified atom stereocenters. The molecule has 0 aliphatic carbocycles. The van der Waals surface area contributed by atoms with Crippen molar-refractivity contribution in [1.82, 2.24) is 4.98 Å². The maximum Gasteiger partial charge on any atom is 0.348 e. The Balaban J connectivity index is 2.04. The molecule has 4 aromatic rings. The summed E-state index contributed by atoms with van der Waals surface area (Å²) in [6.45, 7) is 3.98. The average Bonchev–Trinajstić information content (AvgIpc) is 3.18. The summed E-state index contributed by atoms with van der Waals surface area (Å²) in [4.78, 5) is 21.2. The highest BCUT2D eigenvalue weighted by molar-refractivity contribution is 7.21. The summed E-state index contributed by atoms with van der Waals surface area (Å²) in [5.41, 5.74) is 14.0. The Morgan fingerprint density at radius 1 is 1.12 bits per heavy atom. The number of methoxy groups -OCH3 is 1. The second kappa shape index (κ2) is 9.09. The van der Waals surface area contributed by atoms with Crippen LogP contribution in [0.4, 0.5) is 5.69 Å². The molecule has 0 bridgehead atoms. The summed E-state index contributed by atoms with van der Waals surface area (Å²) in [5, 5.41) is 4.48. The number of fused-ring (bicyclic) bond motifs is 1. The van der Waals surface area contributed by atoms with Crippen LogP contribution in [0.5, 0.6) is 5.75 Å². The number of nitrogens with zero attached hydrogens (tertiary/aromatic N) is 4. The van der Waals surface area contributed by atoms with Gasteiger partial charge in [0.25, 0.3) is 0 Å². The monoisotopic (exact) mass is 444 g/mol. The molecule has 32 heavy (non-hydrogen) atoms. The van der Waals surface area contributed by atoms with Crippen molar-refractivity contribution in [3.63, 3.8) is 0 Å². The Morgan fingerprint density at radius 3 is 2.44 bits per heavy atom. The van der Waals surface area contributed by atoms with Gasteiger partial charge in [0.05, 0.1) is 25.1 Å². The number of esters is 1. The number of carbonyl (C=O) groups excluding carboxylic acids is 1. The summed E-state index contributed by atoms with van der Waals surface area (Å²) >= 11 is 1.17. The van der Waals surface area contributed by atoms with Crippen LogP contribution in [0, 0.1) is 6.92 Å². The van der Waals surface area contributed by atoms with Gasteiger partial charge >= 0.3 is 5.97 Å². The van der Waals surface area contributed by atoms with Gasteiger partial charge in [-0.05, 0) is 48.7 Å². The highest BCUT2D eigenvalue weighted by Gasteiger charge is 2.23. The van der Waals surface area contributed by atoms with Crippen molar-refractivity contribution in [2.24, 2.45) is 5.11 Å². The molecule has 2 aromatic heterocycles. The van der Waals surface area contributed by atoms with E-state index in [-0.39, 0.29) is 17.2 Å². The van der Waals surface area contributed by atoms with Crippen LogP contribution >= 0.6 is 11.3 Å². The molecule has 0 saturated carbocycles. The molecule has 0 saturated heterocycles. The maximum atomic E-state index is 12.6. The molecule has 0 spiro atoms. The first-order valence-corrected chi connectivity index (χ1v) is 10.8. The Kier molecular flexibility index (Phi) is 6.07. The van der Waals surface area contributed by atoms with Gasteiger partial charge in [0.2, 0.25) is 0 Å². The first-order chi connectivity index (χ1) is 15.5. The molecule has 0 atom stereocenters. The Labute approximate surface area is 188 Å². The van der Waals surface area contributed by atoms with E-state index in [9.17, 15) is 10.3 Å². The lowest BCUT2D eigenvalue weighted by atomic mass is 9.99. The third kappa shape index (κ3) is 4.01. The van der Waals surface area contributed by atoms with Crippen LogP contribution in [-0.2, 0) is 4.74 Å². The topological polar surface area (TPSA) is 97.2 Å². The van der Waals surface area contributed by atoms with E-state index in [2.05, 4.69) is 10.0 Å². The van der Waals surface area contributed by atoms with E-state index in [1.165, 1.54) is 11.3 Å². The van der Waals surface area contributed by atoms with Crippen LogP contribution < -0.4 is 4.74 Å². The predicted octanol–water partition coefficient (Wildman–Crippen LogP) is 7.07. The number of rotatable bonds is 6. The van der Waals surface area contributed by atoms with Crippen molar-refractivity contribution < 1.29 is 14.3 Å². The fourth-order valence-electron chi connectivity index (χ4n) is 3.43. The van der Waals surface area contributed by atoms with Gasteiger partial charge in [-0.15, -0.1) is 11.3 Å². The lowest BCUT2D eigenvalue weighted by molar-refractivity contribution is 0.0533. The molecule has 0 amide bonds. The summed E-state index contributed by atoms with van der Waals surface area (Å²) in [6.07, 6.45) is 0. The van der Waals surface area contributed by atoms with Gasteiger partial charge in [0.15, 0.2) is 0 Å². The van der Waals surface area contributed by atoms with E-state index in [0.29, 0.717) is 10.2 Å². The molecule has 160 valence electrons. The largest absolute Gasteiger partial charge is 0.497 e. The van der Waals surface area contributed by atoms with Gasteiger partial charge in [0.1, 0.15) is 15.5 Å². The molecule has 0 radical (unpaired) electrons. The molecule has 2 heterocycles. The minimum absolute atomic E-state index is 0.218. The highest BCUT2D eigenvalue weighted by Crippen LogP contribution is 2.44. The standard InChI is InChI=1S/C24H20N4O3S/c1-4-31-24(29)22-21(27-28-25)20-18(15-9-11-17(30-3)12-10-15)13-19(26-23(20)32-22)16-7-5-14(2)6-8-16/h5-13H,4H2,1-3H3. The van der Waals surface area contributed by atoms with Gasteiger partial charge in [-0.3, -0.25) is 0 Å². The normalized spacial score (nSPS) is 10.6. The van der Waals surface area contributed by atoms with Crippen molar-refractivity contribution in [1.29, 1.82) is 0 Å². The molecule has 0 aliphatic rings. The van der Waals surface area contributed by atoms with Crippen LogP contribution in [0.2, 0.25) is 0 Å². The second-order valence-corrected chi connectivity index (χ2v) is 8.02. The zero-order valence-corrected chi connectivity index (χ0v) is 18.6. The van der Waals surface area contributed by atoms with Gasteiger partial charge in [-0.2, -0.15) is 0 Å². The Morgan fingerprint density at radius 2 is 1.81 bits per heavy atom. The molecular formula is C24H20N4O3S. The molecular weight excluding hydrogens is 424 g/mol. The number of hydrogen-bond donors (Lipinski definition) is 0. The fraction of sp³-hybridized carbons (Fsp3) is 0.167. The van der Waals surface area contributed by atoms with E-state index in [1.54, 1.807) is 14.0 Å². The van der Waals surface area contributed by atoms with E-state index >= 15 is 0 Å². The van der Waals surface area contributed by atoms with Crippen molar-refractivity contribution in [3.05, 3.63) is 75.5 Å². The van der Waals surface area contributed by atoms with Crippen LogP contribution in [0.15, 0.2) is 59.7 Å². The quantitative estimate of drug-likeness (QED) is 0.137. The third-order valence-corrected chi connectivity index (χ3v) is 6.04. The Bertz CT molecular complexity index is 1340. The van der Waals surface area contributed by atoms with Crippen LogP contribution in [0.3, 0.4) is 0 Å². The number of azide groups is 1. The summed E-state index contributed by atoms with van der Waals surface area (Å²) in [7, 11) is 1.61. The maximum absolute atomic E-state index is 12.6. The van der Waals surface area contributed by atoms with Gasteiger partial charge in [-0.25, -0.2) is 9.78 Å². The first-order valence-electron chi connectivity index (χ1n) is 9.97. The van der Waals surface area contributed by atoms with Gasteiger partial charge in [0, 0.05) is 15.9 Å². The number of carbonyl (C=O) groups is 1. The number of ether oxygens (including phenoxy) is 2. The predicted molar refractivity (Wildman–Crippen MR) is 127 cm³/mol. The minimum atomic E-state index is -0.532. The summed E-state index contributed by atoms with van der Waals surface area (Å²) in [5.74, 6) is 0.195. The number of aryl methyl sites for hydroxylation is 1. The molecule has 0 aliphatic heterocycles. The van der Waals surface area contributed by atoms with Gasteiger partial charge < -0.3 is 9.47 Å². The zero-order valence-electron chi connectivity index (χ0n) is 17.8. The molecule has 2 aromatic carbocycles. The molecule has 8 heteroatoms. The average molecular weight is 445 g/mol. The summed E-state index contributed by atoms with van der Waals surface area (Å²) in [6, 6.07) is 17.6. The summed E-state index contributed by atoms with van der Waals surface area (Å²) < 4.78 is 10.5. The third-order valence-electron chi connectivity index (χ3n) is 4.99. The number of hydrogen-bond acceptors (Lipinski definition) is 6. The van der Waals surface area contributed by atoms with Crippen molar-refractivity contribution in [2.45, 2.75) is 13.8 Å². The van der Waals surface area contributed by atoms with Crippen molar-refractivity contribution in [2.75, 3.05) is 13.7 Å². The van der Waals surface area contributed by atoms with Crippen molar-refractivity contribution >= 4 is 33.2 Å². The molecule has 7 nitrogen and oxygen atoms in total. The van der Waals surface area contributed by atoms with Crippen LogP contribution in [-0.4, -0.2) is 24.7 Å². The minimum Gasteiger partial charge on any atom is -0.497 e. The van der Waals surface area contributed by atoms with Crippen molar-refractivity contribution in [3.8, 4) is 28.1 Å². The van der Waals surface area contributed by atoms with E-state index in [4.69, 9.17) is 14.5 Å². The number of pyridine rings is 1. The number of thiophene rings is 1. The highest BCUT2D eigenvalue weighted by atomic mass is 32.1. The first kappa shape index (κ1) is 21.4. The molecule has 0 fully saturated rings. The Hall–Kier alpha value is -3.87. The molecule has 4 rings (SSSR count). The SMILES string of the molecule is CCOC(=O)c1sc2nc(-c3ccc(C)cc3)cc(-c3ccc(OC)cc3)c2c1N=[N+]=[N-]. The second-order valence-electron chi connectivity index (χ2n) is 7.02. The van der Waals surface area contributed by atoms with E-state index < -0.39 is 5.97 Å². The van der Waals surface area contributed by atoms with E-state index in [1.807, 2.05) is 61.5 Å². The fourth-order valence-corrected chi connectivity index (χ4v) is 4.46. The number of benzene rings is 2. The lowest BCUT2D eigenvalue weighted by Gasteiger charge is -2.10. The van der Waals surface area contributed by atoms with Gasteiger partial charge in [-0.1, -0.05) is 47.1 Å². The molecule has 0 N–H and O–H groups in total. The lowest BCUT2D eigenvalue weighted by Crippen LogP contribution is -2.02. The van der Waals surface area contributed by atoms with E-state index in [0.717, 1.165) is 33.7 Å². The zero-order chi connectivity index (χ0) is 22.7. The smallest absolute Gasteiger partial charge is 0.348 e. The van der Waals surface area contributed by atoms with Crippen LogP contribution in [0.1, 0.15) is 22.2 Å². The van der Waals surface area contributed by atoms with Crippen LogP contribution in [0.25, 0.3) is 43.0 Å². The number of aromatic nitrogens is 1.